The molecule has 4 heteroatoms. The van der Waals surface area contributed by atoms with Crippen molar-refractivity contribution < 1.29 is 4.74 Å². The van der Waals surface area contributed by atoms with Gasteiger partial charge in [0.2, 0.25) is 0 Å². The Morgan fingerprint density at radius 3 is 3.31 bits per heavy atom. The van der Waals surface area contributed by atoms with Crippen LogP contribution in [0.1, 0.15) is 12.1 Å². The van der Waals surface area contributed by atoms with Gasteiger partial charge in [0.25, 0.3) is 0 Å². The summed E-state index contributed by atoms with van der Waals surface area (Å²) in [7, 11) is 0. The zero-order valence-electron chi connectivity index (χ0n) is 7.44. The van der Waals surface area contributed by atoms with Crippen LogP contribution in [0.5, 0.6) is 0 Å². The van der Waals surface area contributed by atoms with Crippen molar-refractivity contribution in [2.75, 3.05) is 13.2 Å². The Morgan fingerprint density at radius 2 is 2.62 bits per heavy atom. The van der Waals surface area contributed by atoms with Crippen molar-refractivity contribution in [3.63, 3.8) is 0 Å². The lowest BCUT2D eigenvalue weighted by molar-refractivity contribution is 0.189. The zero-order chi connectivity index (χ0) is 8.93. The lowest BCUT2D eigenvalue weighted by Crippen LogP contribution is -2.28. The fourth-order valence-corrected chi connectivity index (χ4v) is 1.37. The van der Waals surface area contributed by atoms with Crippen LogP contribution in [0, 0.1) is 0 Å². The molecule has 0 aromatic carbocycles. The molecule has 0 amide bonds. The molecule has 1 aliphatic heterocycles. The van der Waals surface area contributed by atoms with Gasteiger partial charge in [-0.05, 0) is 18.6 Å². The summed E-state index contributed by atoms with van der Waals surface area (Å²) in [6.45, 7) is 2.47. The first-order valence-electron chi connectivity index (χ1n) is 4.53. The van der Waals surface area contributed by atoms with Gasteiger partial charge in [-0.1, -0.05) is 0 Å². The minimum atomic E-state index is 0.488. The normalized spacial score (nSPS) is 22.0. The number of ether oxygens (including phenoxy) is 1. The Balaban J connectivity index is 1.79. The van der Waals surface area contributed by atoms with Crippen LogP contribution in [0.15, 0.2) is 18.3 Å². The molecule has 0 spiro atoms. The van der Waals surface area contributed by atoms with E-state index in [-0.39, 0.29) is 0 Å². The van der Waals surface area contributed by atoms with Gasteiger partial charge in [0.05, 0.1) is 12.3 Å². The van der Waals surface area contributed by atoms with Gasteiger partial charge in [0.1, 0.15) is 0 Å². The Bertz CT molecular complexity index is 246. The highest BCUT2D eigenvalue weighted by atomic mass is 16.5. The number of hydrogen-bond donors (Lipinski definition) is 1. The predicted octanol–water partition coefficient (Wildman–Crippen LogP) is 0.355. The van der Waals surface area contributed by atoms with E-state index in [4.69, 9.17) is 4.74 Å². The molecule has 70 valence electrons. The quantitative estimate of drug-likeness (QED) is 0.727. The van der Waals surface area contributed by atoms with Crippen molar-refractivity contribution in [2.24, 2.45) is 0 Å². The monoisotopic (exact) mass is 179 g/mol. The second-order valence-electron chi connectivity index (χ2n) is 3.16. The maximum atomic E-state index is 5.25. The van der Waals surface area contributed by atoms with E-state index in [1.807, 2.05) is 12.1 Å². The Morgan fingerprint density at radius 1 is 1.62 bits per heavy atom. The van der Waals surface area contributed by atoms with Gasteiger partial charge in [-0.2, -0.15) is 10.2 Å². The van der Waals surface area contributed by atoms with E-state index >= 15 is 0 Å². The first-order chi connectivity index (χ1) is 6.45. The van der Waals surface area contributed by atoms with Gasteiger partial charge in [-0.3, -0.25) is 0 Å². The lowest BCUT2D eigenvalue weighted by atomic mass is 10.2. The van der Waals surface area contributed by atoms with Crippen molar-refractivity contribution in [2.45, 2.75) is 19.0 Å². The fourth-order valence-electron chi connectivity index (χ4n) is 1.37. The first kappa shape index (κ1) is 8.59. The molecule has 1 N–H and O–H groups in total. The van der Waals surface area contributed by atoms with Gasteiger partial charge in [0, 0.05) is 25.4 Å². The van der Waals surface area contributed by atoms with Crippen molar-refractivity contribution >= 4 is 0 Å². The molecule has 0 bridgehead atoms. The summed E-state index contributed by atoms with van der Waals surface area (Å²) >= 11 is 0. The van der Waals surface area contributed by atoms with Crippen molar-refractivity contribution in [3.8, 4) is 0 Å². The summed E-state index contributed by atoms with van der Waals surface area (Å²) in [6, 6.07) is 4.35. The van der Waals surface area contributed by atoms with E-state index in [9.17, 15) is 0 Å². The largest absolute Gasteiger partial charge is 0.380 e. The molecule has 1 atom stereocenters. The van der Waals surface area contributed by atoms with Crippen molar-refractivity contribution in [1.82, 2.24) is 15.5 Å². The van der Waals surface area contributed by atoms with Crippen LogP contribution in [0.2, 0.25) is 0 Å². The summed E-state index contributed by atoms with van der Waals surface area (Å²) in [5.41, 5.74) is 0.981. The number of aromatic nitrogens is 2. The number of nitrogens with zero attached hydrogens (tertiary/aromatic N) is 2. The summed E-state index contributed by atoms with van der Waals surface area (Å²) < 4.78 is 5.25. The molecular weight excluding hydrogens is 166 g/mol. The standard InChI is InChI=1S/C9H13N3O/c1-2-8(12-11-4-1)6-10-9-3-5-13-7-9/h1-2,4,9-10H,3,5-7H2. The Kier molecular flexibility index (Phi) is 2.84. The van der Waals surface area contributed by atoms with Crippen LogP contribution < -0.4 is 5.32 Å². The average Bonchev–Trinajstić information content (AvgIpc) is 2.69. The fraction of sp³-hybridized carbons (Fsp3) is 0.556. The highest BCUT2D eigenvalue weighted by Crippen LogP contribution is 2.03. The SMILES string of the molecule is c1cnnc(CNC2CCOC2)c1. The molecule has 2 heterocycles. The Hall–Kier alpha value is -1.00. The number of hydrogen-bond acceptors (Lipinski definition) is 4. The summed E-state index contributed by atoms with van der Waals surface area (Å²) in [6.07, 6.45) is 2.78. The molecular formula is C9H13N3O. The third kappa shape index (κ3) is 2.47. The van der Waals surface area contributed by atoms with E-state index in [1.54, 1.807) is 6.20 Å². The predicted molar refractivity (Wildman–Crippen MR) is 48.1 cm³/mol. The molecule has 1 saturated heterocycles. The smallest absolute Gasteiger partial charge is 0.0769 e. The topological polar surface area (TPSA) is 47.0 Å². The minimum absolute atomic E-state index is 0.488. The summed E-state index contributed by atoms with van der Waals surface area (Å²) in [5.74, 6) is 0. The van der Waals surface area contributed by atoms with Crippen molar-refractivity contribution in [1.29, 1.82) is 0 Å². The molecule has 0 radical (unpaired) electrons. The maximum Gasteiger partial charge on any atom is 0.0769 e. The van der Waals surface area contributed by atoms with E-state index in [1.165, 1.54) is 0 Å². The van der Waals surface area contributed by atoms with Gasteiger partial charge in [-0.25, -0.2) is 0 Å². The van der Waals surface area contributed by atoms with E-state index in [0.29, 0.717) is 6.04 Å². The van der Waals surface area contributed by atoms with Crippen LogP contribution in [-0.2, 0) is 11.3 Å². The maximum absolute atomic E-state index is 5.25. The third-order valence-corrected chi connectivity index (χ3v) is 2.13. The Labute approximate surface area is 77.3 Å². The van der Waals surface area contributed by atoms with Crippen LogP contribution in [-0.4, -0.2) is 29.5 Å². The third-order valence-electron chi connectivity index (χ3n) is 2.13. The lowest BCUT2D eigenvalue weighted by Gasteiger charge is -2.08. The summed E-state index contributed by atoms with van der Waals surface area (Å²) in [5, 5.41) is 11.2. The molecule has 1 unspecified atom stereocenters. The second-order valence-corrected chi connectivity index (χ2v) is 3.16. The molecule has 1 aliphatic rings. The van der Waals surface area contributed by atoms with Crippen LogP contribution in [0.4, 0.5) is 0 Å². The van der Waals surface area contributed by atoms with Crippen LogP contribution >= 0.6 is 0 Å². The molecule has 4 nitrogen and oxygen atoms in total. The van der Waals surface area contributed by atoms with Gasteiger partial charge < -0.3 is 10.1 Å². The number of nitrogens with one attached hydrogen (secondary N) is 1. The highest BCUT2D eigenvalue weighted by molar-refractivity contribution is 4.98. The zero-order valence-corrected chi connectivity index (χ0v) is 7.44. The first-order valence-corrected chi connectivity index (χ1v) is 4.53. The van der Waals surface area contributed by atoms with Crippen molar-refractivity contribution in [3.05, 3.63) is 24.0 Å². The molecule has 1 aromatic heterocycles. The van der Waals surface area contributed by atoms with Crippen LogP contribution in [0.25, 0.3) is 0 Å². The highest BCUT2D eigenvalue weighted by Gasteiger charge is 2.14. The molecule has 1 aromatic rings. The molecule has 13 heavy (non-hydrogen) atoms. The number of rotatable bonds is 3. The van der Waals surface area contributed by atoms with E-state index in [2.05, 4.69) is 15.5 Å². The minimum Gasteiger partial charge on any atom is -0.380 e. The molecule has 1 fully saturated rings. The molecule has 2 rings (SSSR count). The molecule has 0 saturated carbocycles. The van der Waals surface area contributed by atoms with E-state index < -0.39 is 0 Å². The van der Waals surface area contributed by atoms with Crippen LogP contribution in [0.3, 0.4) is 0 Å². The second kappa shape index (κ2) is 4.30. The summed E-state index contributed by atoms with van der Waals surface area (Å²) in [4.78, 5) is 0. The van der Waals surface area contributed by atoms with Gasteiger partial charge >= 0.3 is 0 Å². The molecule has 0 aliphatic carbocycles. The van der Waals surface area contributed by atoms with E-state index in [0.717, 1.165) is 31.9 Å². The van der Waals surface area contributed by atoms with Gasteiger partial charge in [0.15, 0.2) is 0 Å². The van der Waals surface area contributed by atoms with Gasteiger partial charge in [-0.15, -0.1) is 0 Å². The average molecular weight is 179 g/mol.